The fraction of sp³-hybridized carbons (Fsp3) is 0.238. The molecule has 0 bridgehead atoms. The molecule has 0 saturated heterocycles. The molecule has 1 N–H and O–H groups in total. The molecule has 1 amide bonds. The Morgan fingerprint density at radius 1 is 1.14 bits per heavy atom. The van der Waals surface area contributed by atoms with Gasteiger partial charge in [-0.1, -0.05) is 32.0 Å². The number of amides is 1. The van der Waals surface area contributed by atoms with Crippen LogP contribution in [-0.4, -0.2) is 30.2 Å². The Kier molecular flexibility index (Phi) is 4.65. The summed E-state index contributed by atoms with van der Waals surface area (Å²) in [4.78, 5) is 22.0. The number of rotatable bonds is 5. The number of nitrogens with one attached hydrogen (secondary N) is 1. The lowest BCUT2D eigenvalue weighted by Crippen LogP contribution is -2.18. The summed E-state index contributed by atoms with van der Waals surface area (Å²) in [5.41, 5.74) is 3.19. The van der Waals surface area contributed by atoms with E-state index >= 15 is 0 Å². The number of pyridine rings is 1. The third-order valence-corrected chi connectivity index (χ3v) is 4.66. The summed E-state index contributed by atoms with van der Waals surface area (Å²) in [6, 6.07) is 13.5. The van der Waals surface area contributed by atoms with Crippen molar-refractivity contribution in [1.82, 2.24) is 24.3 Å². The van der Waals surface area contributed by atoms with Crippen LogP contribution in [0.3, 0.4) is 0 Å². The molecule has 142 valence electrons. The molecule has 3 heterocycles. The molecule has 4 rings (SSSR count). The van der Waals surface area contributed by atoms with E-state index in [4.69, 9.17) is 0 Å². The smallest absolute Gasteiger partial charge is 0.261 e. The maximum atomic E-state index is 13.1. The van der Waals surface area contributed by atoms with Crippen LogP contribution < -0.4 is 5.32 Å². The Bertz CT molecular complexity index is 1130. The monoisotopic (exact) mass is 374 g/mol. The van der Waals surface area contributed by atoms with Crippen molar-refractivity contribution in [3.8, 4) is 5.82 Å². The molecular weight excluding hydrogens is 352 g/mol. The first kappa shape index (κ1) is 17.9. The summed E-state index contributed by atoms with van der Waals surface area (Å²) < 4.78 is 3.72. The molecule has 0 radical (unpaired) electrons. The highest BCUT2D eigenvalue weighted by Crippen LogP contribution is 2.24. The van der Waals surface area contributed by atoms with Gasteiger partial charge in [-0.3, -0.25) is 10.1 Å². The highest BCUT2D eigenvalue weighted by atomic mass is 16.1. The molecule has 7 nitrogen and oxygen atoms in total. The van der Waals surface area contributed by atoms with E-state index in [0.717, 1.165) is 16.7 Å². The minimum Gasteiger partial charge on any atom is -0.310 e. The number of hydrogen-bond acceptors (Lipinski definition) is 4. The predicted octanol–water partition coefficient (Wildman–Crippen LogP) is 4.01. The van der Waals surface area contributed by atoms with Crippen LogP contribution in [0, 0.1) is 0 Å². The van der Waals surface area contributed by atoms with E-state index in [2.05, 4.69) is 20.4 Å². The van der Waals surface area contributed by atoms with E-state index in [9.17, 15) is 4.79 Å². The molecule has 0 saturated carbocycles. The second-order valence-corrected chi connectivity index (χ2v) is 6.82. The minimum atomic E-state index is -0.226. The van der Waals surface area contributed by atoms with E-state index in [-0.39, 0.29) is 11.8 Å². The maximum Gasteiger partial charge on any atom is 0.261 e. The fourth-order valence-corrected chi connectivity index (χ4v) is 3.41. The molecule has 0 aliphatic rings. The third-order valence-electron chi connectivity index (χ3n) is 4.66. The predicted molar refractivity (Wildman–Crippen MR) is 109 cm³/mol. The number of nitrogens with zero attached hydrogens (tertiary/aromatic N) is 5. The number of aryl methyl sites for hydroxylation is 1. The van der Waals surface area contributed by atoms with Gasteiger partial charge in [0.15, 0.2) is 5.82 Å². The first-order chi connectivity index (χ1) is 13.6. The molecule has 0 unspecified atom stereocenters. The number of para-hydroxylation sites is 2. The quantitative estimate of drug-likeness (QED) is 0.572. The Morgan fingerprint density at radius 2 is 1.93 bits per heavy atom. The number of carbonyl (C=O) groups is 1. The van der Waals surface area contributed by atoms with Gasteiger partial charge in [0.1, 0.15) is 0 Å². The van der Waals surface area contributed by atoms with Crippen molar-refractivity contribution in [1.29, 1.82) is 0 Å². The largest absolute Gasteiger partial charge is 0.310 e. The topological polar surface area (TPSA) is 77.6 Å². The number of benzene rings is 1. The van der Waals surface area contributed by atoms with Crippen LogP contribution in [0.4, 0.5) is 5.95 Å². The van der Waals surface area contributed by atoms with Crippen LogP contribution in [0.1, 0.15) is 42.7 Å². The van der Waals surface area contributed by atoms with E-state index < -0.39 is 0 Å². The molecule has 0 fully saturated rings. The van der Waals surface area contributed by atoms with Crippen molar-refractivity contribution in [3.05, 3.63) is 66.1 Å². The summed E-state index contributed by atoms with van der Waals surface area (Å²) in [5, 5.41) is 7.39. The zero-order chi connectivity index (χ0) is 19.7. The Hall–Kier alpha value is -3.48. The molecule has 7 heteroatoms. The van der Waals surface area contributed by atoms with E-state index in [1.807, 2.05) is 67.8 Å². The first-order valence-corrected chi connectivity index (χ1v) is 9.36. The number of hydrogen-bond donors (Lipinski definition) is 1. The summed E-state index contributed by atoms with van der Waals surface area (Å²) in [7, 11) is 0. The average Bonchev–Trinajstić information content (AvgIpc) is 3.30. The van der Waals surface area contributed by atoms with Gasteiger partial charge in [0, 0.05) is 12.7 Å². The molecule has 0 aliphatic heterocycles. The van der Waals surface area contributed by atoms with Crippen LogP contribution in [0.25, 0.3) is 16.9 Å². The summed E-state index contributed by atoms with van der Waals surface area (Å²) in [5.74, 6) is 1.09. The SMILES string of the molecule is CCn1c(NC(=O)c2cnn(-c3ccccn3)c2C(C)C)nc2ccccc21. The number of aromatic nitrogens is 5. The van der Waals surface area contributed by atoms with Crippen molar-refractivity contribution in [2.75, 3.05) is 5.32 Å². The van der Waals surface area contributed by atoms with Crippen LogP contribution in [0.2, 0.25) is 0 Å². The standard InChI is InChI=1S/C21H22N6O/c1-4-26-17-10-6-5-9-16(17)24-21(26)25-20(28)15-13-23-27(19(15)14(2)3)18-11-7-8-12-22-18/h5-14H,4H2,1-3H3,(H,24,25,28). The van der Waals surface area contributed by atoms with Crippen molar-refractivity contribution >= 4 is 22.9 Å². The van der Waals surface area contributed by atoms with Gasteiger partial charge in [-0.05, 0) is 37.1 Å². The third kappa shape index (κ3) is 3.05. The average molecular weight is 374 g/mol. The maximum absolute atomic E-state index is 13.1. The van der Waals surface area contributed by atoms with Crippen molar-refractivity contribution < 1.29 is 4.79 Å². The molecular formula is C21H22N6O. The van der Waals surface area contributed by atoms with Gasteiger partial charge in [-0.25, -0.2) is 14.6 Å². The van der Waals surface area contributed by atoms with E-state index in [1.54, 1.807) is 17.1 Å². The molecule has 0 aliphatic carbocycles. The summed E-state index contributed by atoms with van der Waals surface area (Å²) in [6.07, 6.45) is 3.31. The zero-order valence-electron chi connectivity index (χ0n) is 16.1. The molecule has 4 aromatic rings. The molecule has 1 aromatic carbocycles. The van der Waals surface area contributed by atoms with Gasteiger partial charge in [0.2, 0.25) is 5.95 Å². The van der Waals surface area contributed by atoms with Gasteiger partial charge in [0.25, 0.3) is 5.91 Å². The van der Waals surface area contributed by atoms with Crippen molar-refractivity contribution in [3.63, 3.8) is 0 Å². The number of fused-ring (bicyclic) bond motifs is 1. The molecule has 3 aromatic heterocycles. The second-order valence-electron chi connectivity index (χ2n) is 6.82. The van der Waals surface area contributed by atoms with Crippen molar-refractivity contribution in [2.24, 2.45) is 0 Å². The van der Waals surface area contributed by atoms with Gasteiger partial charge in [0.05, 0.1) is 28.5 Å². The van der Waals surface area contributed by atoms with Gasteiger partial charge >= 0.3 is 0 Å². The van der Waals surface area contributed by atoms with Crippen molar-refractivity contribution in [2.45, 2.75) is 33.2 Å². The number of carbonyl (C=O) groups excluding carboxylic acids is 1. The lowest BCUT2D eigenvalue weighted by atomic mass is 10.1. The molecule has 0 spiro atoms. The van der Waals surface area contributed by atoms with Gasteiger partial charge < -0.3 is 4.57 Å². The van der Waals surface area contributed by atoms with E-state index in [0.29, 0.717) is 23.9 Å². The molecule has 0 atom stereocenters. The normalized spacial score (nSPS) is 11.3. The van der Waals surface area contributed by atoms with Crippen LogP contribution in [0.15, 0.2) is 54.9 Å². The summed E-state index contributed by atoms with van der Waals surface area (Å²) in [6.45, 7) is 6.81. The first-order valence-electron chi connectivity index (χ1n) is 9.36. The minimum absolute atomic E-state index is 0.0928. The second kappa shape index (κ2) is 7.26. The van der Waals surface area contributed by atoms with Gasteiger partial charge in [-0.15, -0.1) is 0 Å². The summed E-state index contributed by atoms with van der Waals surface area (Å²) >= 11 is 0. The van der Waals surface area contributed by atoms with Crippen LogP contribution in [0.5, 0.6) is 0 Å². The Morgan fingerprint density at radius 3 is 2.64 bits per heavy atom. The van der Waals surface area contributed by atoms with Crippen LogP contribution in [-0.2, 0) is 6.54 Å². The number of anilines is 1. The Labute approximate surface area is 163 Å². The fourth-order valence-electron chi connectivity index (χ4n) is 3.41. The highest BCUT2D eigenvalue weighted by molar-refractivity contribution is 6.05. The lowest BCUT2D eigenvalue weighted by molar-refractivity contribution is 0.102. The molecule has 28 heavy (non-hydrogen) atoms. The zero-order valence-corrected chi connectivity index (χ0v) is 16.1. The lowest BCUT2D eigenvalue weighted by Gasteiger charge is -2.12. The number of imidazole rings is 1. The van der Waals surface area contributed by atoms with Gasteiger partial charge in [-0.2, -0.15) is 5.10 Å². The Balaban J connectivity index is 1.72. The van der Waals surface area contributed by atoms with E-state index in [1.165, 1.54) is 0 Å². The van der Waals surface area contributed by atoms with Crippen LogP contribution >= 0.6 is 0 Å². The highest BCUT2D eigenvalue weighted by Gasteiger charge is 2.23.